The van der Waals surface area contributed by atoms with E-state index in [-0.39, 0.29) is 30.2 Å². The van der Waals surface area contributed by atoms with E-state index >= 15 is 0 Å². The van der Waals surface area contributed by atoms with Gasteiger partial charge in [-0.25, -0.2) is 13.2 Å². The minimum absolute atomic E-state index is 0.0181. The fraction of sp³-hybridized carbons (Fsp3) is 0.923. The molecule has 0 bridgehead atoms. The van der Waals surface area contributed by atoms with Gasteiger partial charge in [-0.2, -0.15) is 0 Å². The van der Waals surface area contributed by atoms with Crippen molar-refractivity contribution in [3.05, 3.63) is 0 Å². The van der Waals surface area contributed by atoms with Crippen LogP contribution in [0.1, 0.15) is 20.8 Å². The second-order valence-electron chi connectivity index (χ2n) is 6.64. The number of fused-ring (bicyclic) bond motifs is 1. The maximum atomic E-state index is 12.3. The highest BCUT2D eigenvalue weighted by Gasteiger charge is 2.48. The van der Waals surface area contributed by atoms with E-state index in [1.807, 2.05) is 4.90 Å². The molecule has 0 spiro atoms. The number of amides is 1. The molecule has 1 amide bonds. The Morgan fingerprint density at radius 1 is 1.24 bits per heavy atom. The first-order valence-corrected chi connectivity index (χ1v) is 9.00. The van der Waals surface area contributed by atoms with Crippen LogP contribution in [0.25, 0.3) is 0 Å². The maximum absolute atomic E-state index is 12.3. The standard InChI is InChI=1S/C13H24N2O5S/c1-13(2,3)20-12(17)15-5-4-14(6-7-16)10-8-21(18,19)9-11(10)15/h10-11,16H,4-9H2,1-3H3/t10-,11+/m0/s1. The van der Waals surface area contributed by atoms with Crippen molar-refractivity contribution in [2.75, 3.05) is 37.7 Å². The minimum atomic E-state index is -3.16. The fourth-order valence-corrected chi connectivity index (χ4v) is 4.99. The van der Waals surface area contributed by atoms with Crippen LogP contribution in [0.15, 0.2) is 0 Å². The predicted octanol–water partition coefficient (Wildman–Crippen LogP) is -0.303. The number of hydrogen-bond donors (Lipinski definition) is 1. The molecule has 0 aromatic carbocycles. The highest BCUT2D eigenvalue weighted by atomic mass is 32.2. The van der Waals surface area contributed by atoms with E-state index in [9.17, 15) is 13.2 Å². The molecule has 2 aliphatic heterocycles. The van der Waals surface area contributed by atoms with Gasteiger partial charge in [0.25, 0.3) is 0 Å². The van der Waals surface area contributed by atoms with Gasteiger partial charge >= 0.3 is 6.09 Å². The summed E-state index contributed by atoms with van der Waals surface area (Å²) >= 11 is 0. The number of ether oxygens (including phenoxy) is 1. The Kier molecular flexibility index (Phi) is 4.51. The Morgan fingerprint density at radius 2 is 1.86 bits per heavy atom. The van der Waals surface area contributed by atoms with E-state index in [0.717, 1.165) is 0 Å². The van der Waals surface area contributed by atoms with Gasteiger partial charge in [-0.1, -0.05) is 0 Å². The molecule has 8 heteroatoms. The van der Waals surface area contributed by atoms with E-state index in [1.54, 1.807) is 20.8 Å². The molecule has 0 unspecified atom stereocenters. The molecule has 2 fully saturated rings. The van der Waals surface area contributed by atoms with Gasteiger partial charge in [0.05, 0.1) is 24.2 Å². The maximum Gasteiger partial charge on any atom is 0.410 e. The monoisotopic (exact) mass is 320 g/mol. The Hall–Kier alpha value is -0.860. The molecule has 0 aromatic heterocycles. The number of carbonyl (C=O) groups is 1. The highest BCUT2D eigenvalue weighted by Crippen LogP contribution is 2.28. The summed E-state index contributed by atoms with van der Waals surface area (Å²) in [7, 11) is -3.16. The molecule has 21 heavy (non-hydrogen) atoms. The lowest BCUT2D eigenvalue weighted by Gasteiger charge is -2.43. The van der Waals surface area contributed by atoms with Crippen LogP contribution in [0.2, 0.25) is 0 Å². The topological polar surface area (TPSA) is 87.2 Å². The molecule has 122 valence electrons. The van der Waals surface area contributed by atoms with Gasteiger partial charge in [0.2, 0.25) is 0 Å². The van der Waals surface area contributed by atoms with E-state index in [0.29, 0.717) is 19.6 Å². The smallest absolute Gasteiger partial charge is 0.410 e. The molecule has 2 aliphatic rings. The van der Waals surface area contributed by atoms with Gasteiger partial charge < -0.3 is 14.7 Å². The van der Waals surface area contributed by atoms with E-state index < -0.39 is 21.5 Å². The molecule has 7 nitrogen and oxygen atoms in total. The summed E-state index contributed by atoms with van der Waals surface area (Å²) in [5.74, 6) is 0.00972. The summed E-state index contributed by atoms with van der Waals surface area (Å²) in [5, 5.41) is 9.10. The SMILES string of the molecule is CC(C)(C)OC(=O)N1CCN(CCO)[C@H]2CS(=O)(=O)C[C@H]21. The van der Waals surface area contributed by atoms with Crippen LogP contribution in [0.3, 0.4) is 0 Å². The van der Waals surface area contributed by atoms with E-state index in [4.69, 9.17) is 9.84 Å². The van der Waals surface area contributed by atoms with Gasteiger partial charge in [0.1, 0.15) is 5.60 Å². The Bertz CT molecular complexity index is 499. The molecule has 2 saturated heterocycles. The number of rotatable bonds is 2. The van der Waals surface area contributed by atoms with Gasteiger partial charge in [-0.3, -0.25) is 4.90 Å². The second-order valence-corrected chi connectivity index (χ2v) is 8.80. The summed E-state index contributed by atoms with van der Waals surface area (Å²) in [6.45, 7) is 6.75. The largest absolute Gasteiger partial charge is 0.444 e. The molecule has 1 N–H and O–H groups in total. The van der Waals surface area contributed by atoms with Gasteiger partial charge in [-0.05, 0) is 20.8 Å². The molecule has 0 aliphatic carbocycles. The van der Waals surface area contributed by atoms with Gasteiger partial charge in [-0.15, -0.1) is 0 Å². The second kappa shape index (κ2) is 5.73. The molecule has 0 aromatic rings. The summed E-state index contributed by atoms with van der Waals surface area (Å²) in [4.78, 5) is 15.8. The average molecular weight is 320 g/mol. The summed E-state index contributed by atoms with van der Waals surface area (Å²) in [5.41, 5.74) is -0.605. The molecule has 2 rings (SSSR count). The van der Waals surface area contributed by atoms with Gasteiger partial charge in [0, 0.05) is 25.7 Å². The number of carbonyl (C=O) groups excluding carboxylic acids is 1. The van der Waals surface area contributed by atoms with Crippen molar-refractivity contribution in [1.82, 2.24) is 9.80 Å². The van der Waals surface area contributed by atoms with Crippen molar-refractivity contribution in [3.63, 3.8) is 0 Å². The van der Waals surface area contributed by atoms with Crippen LogP contribution in [-0.4, -0.2) is 84.8 Å². The van der Waals surface area contributed by atoms with E-state index in [2.05, 4.69) is 0 Å². The number of piperazine rings is 1. The molecule has 2 atom stereocenters. The first kappa shape index (κ1) is 16.5. The highest BCUT2D eigenvalue weighted by molar-refractivity contribution is 7.91. The lowest BCUT2D eigenvalue weighted by atomic mass is 10.1. The number of nitrogens with zero attached hydrogens (tertiary/aromatic N) is 2. The van der Waals surface area contributed by atoms with Crippen molar-refractivity contribution in [2.45, 2.75) is 38.5 Å². The zero-order valence-electron chi connectivity index (χ0n) is 12.8. The number of aliphatic hydroxyl groups excluding tert-OH is 1. The third-order valence-corrected chi connectivity index (χ3v) is 5.51. The van der Waals surface area contributed by atoms with Crippen LogP contribution >= 0.6 is 0 Å². The van der Waals surface area contributed by atoms with E-state index in [1.165, 1.54) is 4.90 Å². The predicted molar refractivity (Wildman–Crippen MR) is 77.8 cm³/mol. The van der Waals surface area contributed by atoms with Crippen molar-refractivity contribution in [2.24, 2.45) is 0 Å². The first-order valence-electron chi connectivity index (χ1n) is 7.18. The zero-order valence-corrected chi connectivity index (χ0v) is 13.6. The number of aliphatic hydroxyl groups is 1. The number of sulfone groups is 1. The lowest BCUT2D eigenvalue weighted by molar-refractivity contribution is -0.0113. The Labute approximate surface area is 125 Å². The lowest BCUT2D eigenvalue weighted by Crippen LogP contribution is -2.61. The van der Waals surface area contributed by atoms with Crippen LogP contribution in [0, 0.1) is 0 Å². The minimum Gasteiger partial charge on any atom is -0.444 e. The van der Waals surface area contributed by atoms with Crippen LogP contribution < -0.4 is 0 Å². The van der Waals surface area contributed by atoms with Crippen molar-refractivity contribution >= 4 is 15.9 Å². The zero-order chi connectivity index (χ0) is 15.8. The summed E-state index contributed by atoms with van der Waals surface area (Å²) < 4.78 is 29.2. The van der Waals surface area contributed by atoms with Gasteiger partial charge in [0.15, 0.2) is 9.84 Å². The third-order valence-electron chi connectivity index (χ3n) is 3.81. The Balaban J connectivity index is 2.17. The molecular formula is C13H24N2O5S. The number of hydrogen-bond acceptors (Lipinski definition) is 6. The van der Waals surface area contributed by atoms with Crippen LogP contribution in [0.5, 0.6) is 0 Å². The molecule has 0 saturated carbocycles. The summed E-state index contributed by atoms with van der Waals surface area (Å²) in [6.07, 6.45) is -0.460. The molecule has 0 radical (unpaired) electrons. The average Bonchev–Trinajstić information content (AvgIpc) is 2.62. The first-order chi connectivity index (χ1) is 9.63. The normalized spacial score (nSPS) is 29.2. The third kappa shape index (κ3) is 3.87. The fourth-order valence-electron chi connectivity index (χ4n) is 2.98. The van der Waals surface area contributed by atoms with Crippen molar-refractivity contribution in [3.8, 4) is 0 Å². The van der Waals surface area contributed by atoms with Crippen LogP contribution in [-0.2, 0) is 14.6 Å². The van der Waals surface area contributed by atoms with Crippen molar-refractivity contribution < 1.29 is 23.1 Å². The quantitative estimate of drug-likeness (QED) is 0.751. The molecule has 2 heterocycles. The van der Waals surface area contributed by atoms with Crippen molar-refractivity contribution in [1.29, 1.82) is 0 Å². The Morgan fingerprint density at radius 3 is 2.43 bits per heavy atom. The van der Waals surface area contributed by atoms with Crippen LogP contribution in [0.4, 0.5) is 4.79 Å². The summed E-state index contributed by atoms with van der Waals surface area (Å²) in [6, 6.07) is -0.631. The molecular weight excluding hydrogens is 296 g/mol. The number of β-amino-alcohol motifs (C(OH)–C–C–N with tert-alkyl or cyclic N) is 1.